The van der Waals surface area contributed by atoms with Crippen molar-refractivity contribution < 1.29 is 14.0 Å². The molecule has 0 radical (unpaired) electrons. The SMILES string of the molecule is CCC(C)C(NC(=O)Nc1ccccc1F)C(=O)N1CCN(C/C=C/c2ccccc2)CC1. The largest absolute Gasteiger partial charge is 0.338 e. The Balaban J connectivity index is 1.52. The molecule has 2 aromatic rings. The van der Waals surface area contributed by atoms with Gasteiger partial charge in [0.15, 0.2) is 0 Å². The minimum Gasteiger partial charge on any atom is -0.338 e. The van der Waals surface area contributed by atoms with E-state index in [9.17, 15) is 14.0 Å². The fraction of sp³-hybridized carbons (Fsp3) is 0.385. The van der Waals surface area contributed by atoms with Crippen molar-refractivity contribution in [2.24, 2.45) is 5.92 Å². The van der Waals surface area contributed by atoms with E-state index < -0.39 is 17.9 Å². The molecule has 3 rings (SSSR count). The van der Waals surface area contributed by atoms with Crippen LogP contribution in [-0.4, -0.2) is 60.5 Å². The molecular formula is C26H33FN4O2. The summed E-state index contributed by atoms with van der Waals surface area (Å²) in [5.41, 5.74) is 1.25. The summed E-state index contributed by atoms with van der Waals surface area (Å²) in [6.45, 7) is 7.53. The molecule has 2 N–H and O–H groups in total. The van der Waals surface area contributed by atoms with Gasteiger partial charge in [-0.3, -0.25) is 9.69 Å². The average Bonchev–Trinajstić information content (AvgIpc) is 2.84. The first-order chi connectivity index (χ1) is 16.0. The predicted molar refractivity (Wildman–Crippen MR) is 130 cm³/mol. The van der Waals surface area contributed by atoms with Gasteiger partial charge >= 0.3 is 6.03 Å². The zero-order valence-corrected chi connectivity index (χ0v) is 19.3. The minimum absolute atomic E-state index is 0.0456. The second kappa shape index (κ2) is 12.2. The standard InChI is InChI=1S/C26H33FN4O2/c1-3-20(2)24(29-26(33)28-23-14-8-7-13-22(23)27)25(32)31-18-16-30(17-19-31)15-9-12-21-10-5-4-6-11-21/h4-14,20,24H,3,15-19H2,1-2H3,(H2,28,29,33)/b12-9+. The van der Waals surface area contributed by atoms with Crippen LogP contribution in [0.4, 0.5) is 14.9 Å². The number of benzene rings is 2. The highest BCUT2D eigenvalue weighted by Crippen LogP contribution is 2.15. The third-order valence-corrected chi connectivity index (χ3v) is 6.05. The van der Waals surface area contributed by atoms with Crippen LogP contribution in [0.25, 0.3) is 6.08 Å². The molecular weight excluding hydrogens is 419 g/mol. The molecule has 1 aliphatic heterocycles. The summed E-state index contributed by atoms with van der Waals surface area (Å²) < 4.78 is 13.9. The molecule has 0 aromatic heterocycles. The van der Waals surface area contributed by atoms with Crippen molar-refractivity contribution in [2.45, 2.75) is 26.3 Å². The van der Waals surface area contributed by atoms with E-state index in [1.165, 1.54) is 17.7 Å². The number of para-hydroxylation sites is 1. The van der Waals surface area contributed by atoms with E-state index in [1.807, 2.05) is 36.9 Å². The summed E-state index contributed by atoms with van der Waals surface area (Å²) in [4.78, 5) is 29.9. The van der Waals surface area contributed by atoms with Gasteiger partial charge in [0.25, 0.3) is 0 Å². The van der Waals surface area contributed by atoms with Crippen LogP contribution in [0.1, 0.15) is 25.8 Å². The van der Waals surface area contributed by atoms with E-state index in [0.717, 1.165) is 26.1 Å². The quantitative estimate of drug-likeness (QED) is 0.630. The number of nitrogens with one attached hydrogen (secondary N) is 2. The summed E-state index contributed by atoms with van der Waals surface area (Å²) in [5.74, 6) is -0.653. The Kier molecular flexibility index (Phi) is 9.01. The molecule has 176 valence electrons. The van der Waals surface area contributed by atoms with Gasteiger partial charge < -0.3 is 15.5 Å². The molecule has 6 nitrogen and oxygen atoms in total. The van der Waals surface area contributed by atoms with E-state index in [0.29, 0.717) is 13.1 Å². The molecule has 1 aliphatic rings. The van der Waals surface area contributed by atoms with Crippen LogP contribution in [0, 0.1) is 11.7 Å². The third-order valence-electron chi connectivity index (χ3n) is 6.05. The Morgan fingerprint density at radius 2 is 1.70 bits per heavy atom. The molecule has 3 amide bonds. The number of carbonyl (C=O) groups is 2. The molecule has 0 spiro atoms. The molecule has 7 heteroatoms. The predicted octanol–water partition coefficient (Wildman–Crippen LogP) is 4.22. The number of anilines is 1. The van der Waals surface area contributed by atoms with Crippen LogP contribution in [-0.2, 0) is 4.79 Å². The topological polar surface area (TPSA) is 64.7 Å². The van der Waals surface area contributed by atoms with E-state index in [4.69, 9.17) is 0 Å². The zero-order valence-electron chi connectivity index (χ0n) is 19.3. The number of urea groups is 1. The van der Waals surface area contributed by atoms with Gasteiger partial charge in [0.1, 0.15) is 11.9 Å². The maximum absolute atomic E-state index is 13.9. The van der Waals surface area contributed by atoms with Crippen LogP contribution in [0.2, 0.25) is 0 Å². The van der Waals surface area contributed by atoms with Gasteiger partial charge in [-0.2, -0.15) is 0 Å². The molecule has 1 saturated heterocycles. The first-order valence-corrected chi connectivity index (χ1v) is 11.5. The monoisotopic (exact) mass is 452 g/mol. The van der Waals surface area contributed by atoms with E-state index in [-0.39, 0.29) is 17.5 Å². The molecule has 2 unspecified atom stereocenters. The summed E-state index contributed by atoms with van der Waals surface area (Å²) >= 11 is 0. The Labute approximate surface area is 195 Å². The van der Waals surface area contributed by atoms with Crippen LogP contribution in [0.3, 0.4) is 0 Å². The van der Waals surface area contributed by atoms with E-state index >= 15 is 0 Å². The van der Waals surface area contributed by atoms with E-state index in [2.05, 4.69) is 39.8 Å². The van der Waals surface area contributed by atoms with Crippen molar-refractivity contribution in [3.05, 3.63) is 72.1 Å². The third kappa shape index (κ3) is 7.15. The first kappa shape index (κ1) is 24.5. The molecule has 0 bridgehead atoms. The van der Waals surface area contributed by atoms with Gasteiger partial charge in [0.2, 0.25) is 5.91 Å². The Bertz CT molecular complexity index is 942. The summed E-state index contributed by atoms with van der Waals surface area (Å²) in [6.07, 6.45) is 4.98. The number of halogens is 1. The van der Waals surface area contributed by atoms with Crippen molar-refractivity contribution in [3.8, 4) is 0 Å². The van der Waals surface area contributed by atoms with Gasteiger partial charge in [-0.25, -0.2) is 9.18 Å². The first-order valence-electron chi connectivity index (χ1n) is 11.5. The Morgan fingerprint density at radius 3 is 2.36 bits per heavy atom. The number of hydrogen-bond acceptors (Lipinski definition) is 3. The van der Waals surface area contributed by atoms with Crippen LogP contribution >= 0.6 is 0 Å². The lowest BCUT2D eigenvalue weighted by atomic mass is 9.97. The number of nitrogens with zero attached hydrogens (tertiary/aromatic N) is 2. The highest BCUT2D eigenvalue weighted by Gasteiger charge is 2.31. The molecule has 1 fully saturated rings. The second-order valence-electron chi connectivity index (χ2n) is 8.38. The molecule has 0 aliphatic carbocycles. The molecule has 2 aromatic carbocycles. The lowest BCUT2D eigenvalue weighted by Gasteiger charge is -2.37. The second-order valence-corrected chi connectivity index (χ2v) is 8.38. The van der Waals surface area contributed by atoms with Crippen molar-refractivity contribution in [1.82, 2.24) is 15.1 Å². The Hall–Kier alpha value is -3.19. The van der Waals surface area contributed by atoms with Crippen LogP contribution in [0.15, 0.2) is 60.7 Å². The fourth-order valence-electron chi connectivity index (χ4n) is 3.79. The molecule has 0 saturated carbocycles. The highest BCUT2D eigenvalue weighted by molar-refractivity contribution is 5.94. The van der Waals surface area contributed by atoms with Crippen molar-refractivity contribution in [3.63, 3.8) is 0 Å². The van der Waals surface area contributed by atoms with Crippen LogP contribution < -0.4 is 10.6 Å². The number of amides is 3. The summed E-state index contributed by atoms with van der Waals surface area (Å²) in [7, 11) is 0. The van der Waals surface area contributed by atoms with Crippen molar-refractivity contribution >= 4 is 23.7 Å². The Morgan fingerprint density at radius 1 is 1.03 bits per heavy atom. The van der Waals surface area contributed by atoms with Crippen LogP contribution in [0.5, 0.6) is 0 Å². The zero-order chi connectivity index (χ0) is 23.6. The number of carbonyl (C=O) groups excluding carboxylic acids is 2. The lowest BCUT2D eigenvalue weighted by molar-refractivity contribution is -0.136. The molecule has 33 heavy (non-hydrogen) atoms. The number of hydrogen-bond donors (Lipinski definition) is 2. The summed E-state index contributed by atoms with van der Waals surface area (Å²) in [6, 6.07) is 14.9. The fourth-order valence-corrected chi connectivity index (χ4v) is 3.79. The minimum atomic E-state index is -0.661. The molecule has 2 atom stereocenters. The maximum Gasteiger partial charge on any atom is 0.319 e. The van der Waals surface area contributed by atoms with Crippen molar-refractivity contribution in [2.75, 3.05) is 38.0 Å². The lowest BCUT2D eigenvalue weighted by Crippen LogP contribution is -2.57. The maximum atomic E-state index is 13.9. The van der Waals surface area contributed by atoms with Gasteiger partial charge in [-0.15, -0.1) is 0 Å². The van der Waals surface area contributed by atoms with E-state index in [1.54, 1.807) is 12.1 Å². The molecule has 1 heterocycles. The summed E-state index contributed by atoms with van der Waals surface area (Å²) in [5, 5.41) is 5.28. The van der Waals surface area contributed by atoms with Crippen molar-refractivity contribution in [1.29, 1.82) is 0 Å². The number of rotatable bonds is 8. The van der Waals surface area contributed by atoms with Gasteiger partial charge in [0.05, 0.1) is 5.69 Å². The van der Waals surface area contributed by atoms with Gasteiger partial charge in [0, 0.05) is 32.7 Å². The smallest absolute Gasteiger partial charge is 0.319 e. The average molecular weight is 453 g/mol. The normalized spacial score (nSPS) is 16.4. The number of piperazine rings is 1. The van der Waals surface area contributed by atoms with Gasteiger partial charge in [-0.1, -0.05) is 74.9 Å². The highest BCUT2D eigenvalue weighted by atomic mass is 19.1. The van der Waals surface area contributed by atoms with Gasteiger partial charge in [-0.05, 0) is 23.6 Å².